The zero-order valence-corrected chi connectivity index (χ0v) is 14.7. The highest BCUT2D eigenvalue weighted by Crippen LogP contribution is 2.40. The molecule has 0 saturated heterocycles. The summed E-state index contributed by atoms with van der Waals surface area (Å²) < 4.78 is 7.48. The topological polar surface area (TPSA) is 39.9 Å². The molecule has 25 heavy (non-hydrogen) atoms. The van der Waals surface area contributed by atoms with E-state index in [4.69, 9.17) is 16.3 Å². The SMILES string of the molecule is COc1nc2ccc(-c3cncn3C)cc2c(Cl)c1-c1ccccc1. The minimum absolute atomic E-state index is 0.525. The second kappa shape index (κ2) is 6.22. The lowest BCUT2D eigenvalue weighted by Gasteiger charge is -2.13. The van der Waals surface area contributed by atoms with Crippen LogP contribution in [0.2, 0.25) is 5.02 Å². The van der Waals surface area contributed by atoms with Crippen LogP contribution in [0, 0.1) is 0 Å². The molecule has 0 aliphatic rings. The van der Waals surface area contributed by atoms with Crippen LogP contribution in [0.4, 0.5) is 0 Å². The molecule has 2 aromatic heterocycles. The third-order valence-electron chi connectivity index (χ3n) is 4.26. The van der Waals surface area contributed by atoms with E-state index >= 15 is 0 Å². The number of halogens is 1. The lowest BCUT2D eigenvalue weighted by molar-refractivity contribution is 0.401. The fraction of sp³-hybridized carbons (Fsp3) is 0.100. The number of imidazole rings is 1. The van der Waals surface area contributed by atoms with E-state index in [0.717, 1.165) is 33.3 Å². The van der Waals surface area contributed by atoms with Gasteiger partial charge in [0.05, 0.1) is 41.4 Å². The molecular formula is C20H16ClN3O. The molecule has 0 aliphatic heterocycles. The molecule has 0 saturated carbocycles. The minimum atomic E-state index is 0.525. The van der Waals surface area contributed by atoms with E-state index < -0.39 is 0 Å². The van der Waals surface area contributed by atoms with Gasteiger partial charge in [-0.2, -0.15) is 0 Å². The monoisotopic (exact) mass is 349 g/mol. The van der Waals surface area contributed by atoms with Gasteiger partial charge in [-0.15, -0.1) is 0 Å². The number of benzene rings is 2. The maximum Gasteiger partial charge on any atom is 0.223 e. The van der Waals surface area contributed by atoms with Crippen LogP contribution in [-0.4, -0.2) is 21.6 Å². The number of hydrogen-bond donors (Lipinski definition) is 0. The van der Waals surface area contributed by atoms with Crippen molar-refractivity contribution < 1.29 is 4.74 Å². The van der Waals surface area contributed by atoms with Crippen LogP contribution in [0.3, 0.4) is 0 Å². The van der Waals surface area contributed by atoms with Crippen molar-refractivity contribution in [3.63, 3.8) is 0 Å². The van der Waals surface area contributed by atoms with Crippen molar-refractivity contribution in [2.75, 3.05) is 7.11 Å². The zero-order valence-electron chi connectivity index (χ0n) is 13.9. The highest BCUT2D eigenvalue weighted by atomic mass is 35.5. The first-order chi connectivity index (χ1) is 12.2. The number of methoxy groups -OCH3 is 1. The molecule has 2 heterocycles. The number of pyridine rings is 1. The Morgan fingerprint density at radius 3 is 2.52 bits per heavy atom. The highest BCUT2D eigenvalue weighted by molar-refractivity contribution is 6.38. The van der Waals surface area contributed by atoms with E-state index in [1.165, 1.54) is 0 Å². The van der Waals surface area contributed by atoms with Gasteiger partial charge in [-0.05, 0) is 17.7 Å². The van der Waals surface area contributed by atoms with Crippen LogP contribution in [0.15, 0.2) is 61.1 Å². The third kappa shape index (κ3) is 2.65. The van der Waals surface area contributed by atoms with Crippen LogP contribution in [0.25, 0.3) is 33.3 Å². The average molecular weight is 350 g/mol. The van der Waals surface area contributed by atoms with E-state index in [-0.39, 0.29) is 0 Å². The number of hydrogen-bond acceptors (Lipinski definition) is 3. The van der Waals surface area contributed by atoms with E-state index in [0.29, 0.717) is 10.9 Å². The van der Waals surface area contributed by atoms with Crippen molar-refractivity contribution in [1.82, 2.24) is 14.5 Å². The molecule has 4 aromatic rings. The number of ether oxygens (including phenoxy) is 1. The van der Waals surface area contributed by atoms with Gasteiger partial charge in [0.25, 0.3) is 0 Å². The van der Waals surface area contributed by atoms with Crippen molar-refractivity contribution in [2.24, 2.45) is 7.05 Å². The zero-order chi connectivity index (χ0) is 17.4. The molecule has 0 spiro atoms. The molecule has 0 unspecified atom stereocenters. The Labute approximate surface area is 150 Å². The molecule has 5 heteroatoms. The molecule has 4 rings (SSSR count). The first-order valence-corrected chi connectivity index (χ1v) is 8.26. The van der Waals surface area contributed by atoms with Gasteiger partial charge < -0.3 is 9.30 Å². The van der Waals surface area contributed by atoms with Gasteiger partial charge in [-0.3, -0.25) is 0 Å². The smallest absolute Gasteiger partial charge is 0.223 e. The fourth-order valence-electron chi connectivity index (χ4n) is 3.00. The van der Waals surface area contributed by atoms with E-state index in [9.17, 15) is 0 Å². The normalized spacial score (nSPS) is 11.0. The predicted molar refractivity (Wildman–Crippen MR) is 101 cm³/mol. The summed E-state index contributed by atoms with van der Waals surface area (Å²) in [5.74, 6) is 0.525. The Morgan fingerprint density at radius 2 is 1.84 bits per heavy atom. The van der Waals surface area contributed by atoms with Crippen LogP contribution >= 0.6 is 11.6 Å². The number of aryl methyl sites for hydroxylation is 1. The molecular weight excluding hydrogens is 334 g/mol. The van der Waals surface area contributed by atoms with Crippen molar-refractivity contribution in [3.8, 4) is 28.3 Å². The summed E-state index contributed by atoms with van der Waals surface area (Å²) >= 11 is 6.79. The van der Waals surface area contributed by atoms with Crippen molar-refractivity contribution in [1.29, 1.82) is 0 Å². The van der Waals surface area contributed by atoms with Crippen molar-refractivity contribution in [2.45, 2.75) is 0 Å². The predicted octanol–water partition coefficient (Wildman–Crippen LogP) is 4.96. The number of fused-ring (bicyclic) bond motifs is 1. The van der Waals surface area contributed by atoms with Gasteiger partial charge in [0.15, 0.2) is 0 Å². The van der Waals surface area contributed by atoms with Crippen molar-refractivity contribution >= 4 is 22.5 Å². The van der Waals surface area contributed by atoms with Crippen LogP contribution in [0.1, 0.15) is 0 Å². The number of aromatic nitrogens is 3. The minimum Gasteiger partial charge on any atom is -0.480 e. The summed E-state index contributed by atoms with van der Waals surface area (Å²) in [6, 6.07) is 15.9. The molecule has 0 bridgehead atoms. The Bertz CT molecular complexity index is 1060. The van der Waals surface area contributed by atoms with Gasteiger partial charge in [0, 0.05) is 18.0 Å². The standard InChI is InChI=1S/C20H16ClN3O/c1-24-12-22-11-17(24)14-8-9-16-15(10-14)19(21)18(20(23-16)25-2)13-6-4-3-5-7-13/h3-12H,1-2H3. The summed E-state index contributed by atoms with van der Waals surface area (Å²) in [4.78, 5) is 8.83. The summed E-state index contributed by atoms with van der Waals surface area (Å²) in [5.41, 5.74) is 4.65. The third-order valence-corrected chi connectivity index (χ3v) is 4.65. The first kappa shape index (κ1) is 15.7. The van der Waals surface area contributed by atoms with E-state index in [1.807, 2.05) is 66.3 Å². The summed E-state index contributed by atoms with van der Waals surface area (Å²) in [6.07, 6.45) is 3.62. The molecule has 0 atom stereocenters. The van der Waals surface area contributed by atoms with Crippen LogP contribution in [-0.2, 0) is 7.05 Å². The van der Waals surface area contributed by atoms with Crippen molar-refractivity contribution in [3.05, 3.63) is 66.1 Å². The maximum atomic E-state index is 6.79. The van der Waals surface area contributed by atoms with E-state index in [2.05, 4.69) is 9.97 Å². The van der Waals surface area contributed by atoms with Crippen LogP contribution in [0.5, 0.6) is 5.88 Å². The summed E-state index contributed by atoms with van der Waals surface area (Å²) in [6.45, 7) is 0. The lowest BCUT2D eigenvalue weighted by atomic mass is 10.0. The Morgan fingerprint density at radius 1 is 1.04 bits per heavy atom. The molecule has 0 radical (unpaired) electrons. The molecule has 4 nitrogen and oxygen atoms in total. The summed E-state index contributed by atoms with van der Waals surface area (Å²) in [7, 11) is 3.58. The van der Waals surface area contributed by atoms with Gasteiger partial charge in [-0.1, -0.05) is 48.0 Å². The van der Waals surface area contributed by atoms with Gasteiger partial charge in [0.2, 0.25) is 5.88 Å². The quantitative estimate of drug-likeness (QED) is 0.524. The van der Waals surface area contributed by atoms with E-state index in [1.54, 1.807) is 13.4 Å². The summed E-state index contributed by atoms with van der Waals surface area (Å²) in [5, 5.41) is 1.53. The Balaban J connectivity index is 2.00. The van der Waals surface area contributed by atoms with Gasteiger partial charge in [-0.25, -0.2) is 9.97 Å². The van der Waals surface area contributed by atoms with Crippen LogP contribution < -0.4 is 4.74 Å². The second-order valence-corrected chi connectivity index (χ2v) is 6.18. The van der Waals surface area contributed by atoms with Gasteiger partial charge in [0.1, 0.15) is 0 Å². The lowest BCUT2D eigenvalue weighted by Crippen LogP contribution is -1.95. The Kier molecular flexibility index (Phi) is 3.90. The average Bonchev–Trinajstić information content (AvgIpc) is 3.08. The fourth-order valence-corrected chi connectivity index (χ4v) is 3.34. The maximum absolute atomic E-state index is 6.79. The molecule has 0 N–H and O–H groups in total. The second-order valence-electron chi connectivity index (χ2n) is 5.80. The largest absolute Gasteiger partial charge is 0.480 e. The molecule has 124 valence electrons. The molecule has 0 amide bonds. The molecule has 0 fully saturated rings. The number of nitrogens with zero attached hydrogens (tertiary/aromatic N) is 3. The Hall–Kier alpha value is -2.85. The first-order valence-electron chi connectivity index (χ1n) is 7.88. The molecule has 2 aromatic carbocycles. The van der Waals surface area contributed by atoms with Gasteiger partial charge >= 0.3 is 0 Å². The molecule has 0 aliphatic carbocycles. The highest BCUT2D eigenvalue weighted by Gasteiger charge is 2.17. The number of rotatable bonds is 3.